The van der Waals surface area contributed by atoms with Crippen LogP contribution in [0, 0.1) is 5.92 Å². The number of hydrogen-bond acceptors (Lipinski definition) is 2. The van der Waals surface area contributed by atoms with Gasteiger partial charge in [0.05, 0.1) is 11.7 Å². The molecule has 1 aliphatic rings. The van der Waals surface area contributed by atoms with Crippen LogP contribution in [0.5, 0.6) is 0 Å². The van der Waals surface area contributed by atoms with Crippen LogP contribution in [0.4, 0.5) is 0 Å². The molecule has 2 atom stereocenters. The summed E-state index contributed by atoms with van der Waals surface area (Å²) in [6, 6.07) is 0.350. The molecule has 1 rings (SSSR count). The summed E-state index contributed by atoms with van der Waals surface area (Å²) in [6.07, 6.45) is 0. The molecular formula is C6H10N2. The summed E-state index contributed by atoms with van der Waals surface area (Å²) in [6.45, 7) is 7.86. The maximum atomic E-state index is 3.92. The summed E-state index contributed by atoms with van der Waals surface area (Å²) < 4.78 is 0. The Bertz CT molecular complexity index is 137. The van der Waals surface area contributed by atoms with Crippen molar-refractivity contribution in [1.29, 1.82) is 0 Å². The average Bonchev–Trinajstić information content (AvgIpc) is 1.98. The van der Waals surface area contributed by atoms with Gasteiger partial charge in [-0.3, -0.25) is 0 Å². The van der Waals surface area contributed by atoms with Gasteiger partial charge in [0.1, 0.15) is 0 Å². The Morgan fingerprint density at radius 2 is 2.12 bits per heavy atom. The van der Waals surface area contributed by atoms with Crippen molar-refractivity contribution in [2.24, 2.45) is 16.1 Å². The first-order valence-electron chi connectivity index (χ1n) is 2.81. The summed E-state index contributed by atoms with van der Waals surface area (Å²) in [7, 11) is 0. The molecule has 1 heterocycles. The van der Waals surface area contributed by atoms with E-state index in [1.807, 2.05) is 6.92 Å². The molecule has 0 N–H and O–H groups in total. The first kappa shape index (κ1) is 5.48. The van der Waals surface area contributed by atoms with Crippen LogP contribution in [-0.2, 0) is 0 Å². The normalized spacial score (nSPS) is 36.5. The lowest BCUT2D eigenvalue weighted by Crippen LogP contribution is -2.05. The predicted octanol–water partition coefficient (Wildman–Crippen LogP) is 1.99. The minimum Gasteiger partial charge on any atom is -0.185 e. The molecule has 0 radical (unpaired) electrons. The second-order valence-electron chi connectivity index (χ2n) is 2.24. The zero-order chi connectivity index (χ0) is 6.15. The number of nitrogens with zero attached hydrogens (tertiary/aromatic N) is 2. The molecule has 0 aromatic carbocycles. The molecule has 2 nitrogen and oxygen atoms in total. The number of azo groups is 1. The van der Waals surface area contributed by atoms with E-state index in [0.717, 1.165) is 5.70 Å². The average molecular weight is 110 g/mol. The zero-order valence-electron chi connectivity index (χ0n) is 5.26. The maximum absolute atomic E-state index is 3.92. The summed E-state index contributed by atoms with van der Waals surface area (Å²) >= 11 is 0. The molecule has 0 spiro atoms. The van der Waals surface area contributed by atoms with Crippen molar-refractivity contribution in [3.05, 3.63) is 12.3 Å². The van der Waals surface area contributed by atoms with Gasteiger partial charge in [-0.25, -0.2) is 0 Å². The van der Waals surface area contributed by atoms with Gasteiger partial charge in [-0.1, -0.05) is 13.5 Å². The second-order valence-corrected chi connectivity index (χ2v) is 2.24. The zero-order valence-corrected chi connectivity index (χ0v) is 5.26. The smallest absolute Gasteiger partial charge is 0.0765 e. The van der Waals surface area contributed by atoms with Crippen molar-refractivity contribution in [2.75, 3.05) is 0 Å². The second kappa shape index (κ2) is 1.69. The van der Waals surface area contributed by atoms with Gasteiger partial charge in [-0.15, -0.1) is 0 Å². The molecule has 0 saturated heterocycles. The fourth-order valence-electron chi connectivity index (χ4n) is 0.635. The van der Waals surface area contributed by atoms with Crippen molar-refractivity contribution < 1.29 is 0 Å². The van der Waals surface area contributed by atoms with Crippen LogP contribution in [0.15, 0.2) is 22.5 Å². The predicted molar refractivity (Wildman–Crippen MR) is 32.6 cm³/mol. The van der Waals surface area contributed by atoms with Crippen molar-refractivity contribution in [1.82, 2.24) is 0 Å². The lowest BCUT2D eigenvalue weighted by Gasteiger charge is -2.02. The molecule has 0 amide bonds. The fraction of sp³-hybridized carbons (Fsp3) is 0.667. The lowest BCUT2D eigenvalue weighted by molar-refractivity contribution is 0.600. The monoisotopic (exact) mass is 110 g/mol. The van der Waals surface area contributed by atoms with E-state index in [-0.39, 0.29) is 0 Å². The van der Waals surface area contributed by atoms with E-state index in [1.165, 1.54) is 0 Å². The molecule has 0 fully saturated rings. The van der Waals surface area contributed by atoms with Gasteiger partial charge in [0, 0.05) is 5.92 Å². The standard InChI is InChI=1S/C6H10N2/c1-4-5(2)7-8-6(4)3/h4,6H,2H2,1,3H3. The van der Waals surface area contributed by atoms with Crippen LogP contribution in [0.25, 0.3) is 0 Å². The summed E-state index contributed by atoms with van der Waals surface area (Å²) in [5.41, 5.74) is 0.914. The van der Waals surface area contributed by atoms with Gasteiger partial charge >= 0.3 is 0 Å². The third-order valence-corrected chi connectivity index (χ3v) is 1.62. The third-order valence-electron chi connectivity index (χ3n) is 1.62. The highest BCUT2D eigenvalue weighted by Crippen LogP contribution is 2.23. The number of hydrogen-bond donors (Lipinski definition) is 0. The van der Waals surface area contributed by atoms with Crippen LogP contribution >= 0.6 is 0 Å². The number of rotatable bonds is 0. The SMILES string of the molecule is C=C1N=NC(C)C1C. The van der Waals surface area contributed by atoms with Gasteiger partial charge < -0.3 is 0 Å². The van der Waals surface area contributed by atoms with Crippen molar-refractivity contribution >= 4 is 0 Å². The van der Waals surface area contributed by atoms with Gasteiger partial charge in [0.2, 0.25) is 0 Å². The minimum atomic E-state index is 0.350. The van der Waals surface area contributed by atoms with Crippen LogP contribution in [0.3, 0.4) is 0 Å². The van der Waals surface area contributed by atoms with Crippen LogP contribution in [0.2, 0.25) is 0 Å². The van der Waals surface area contributed by atoms with E-state index in [0.29, 0.717) is 12.0 Å². The quantitative estimate of drug-likeness (QED) is 0.455. The lowest BCUT2D eigenvalue weighted by atomic mass is 10.0. The largest absolute Gasteiger partial charge is 0.185 e. The Labute approximate surface area is 49.3 Å². The molecule has 2 heteroatoms. The molecule has 2 unspecified atom stereocenters. The Morgan fingerprint density at radius 1 is 1.50 bits per heavy atom. The molecule has 44 valence electrons. The van der Waals surface area contributed by atoms with Crippen molar-refractivity contribution in [2.45, 2.75) is 19.9 Å². The molecule has 0 aromatic rings. The molecule has 0 bridgehead atoms. The molecule has 1 aliphatic heterocycles. The highest BCUT2D eigenvalue weighted by atomic mass is 15.2. The highest BCUT2D eigenvalue weighted by molar-refractivity contribution is 5.03. The Balaban J connectivity index is 2.69. The maximum Gasteiger partial charge on any atom is 0.0765 e. The van der Waals surface area contributed by atoms with Gasteiger partial charge in [-0.2, -0.15) is 10.2 Å². The van der Waals surface area contributed by atoms with Crippen LogP contribution in [0.1, 0.15) is 13.8 Å². The topological polar surface area (TPSA) is 24.7 Å². The van der Waals surface area contributed by atoms with Crippen LogP contribution < -0.4 is 0 Å². The van der Waals surface area contributed by atoms with Gasteiger partial charge in [0.15, 0.2) is 0 Å². The minimum absolute atomic E-state index is 0.350. The first-order valence-corrected chi connectivity index (χ1v) is 2.81. The molecular weight excluding hydrogens is 100 g/mol. The van der Waals surface area contributed by atoms with Crippen LogP contribution in [-0.4, -0.2) is 6.04 Å². The van der Waals surface area contributed by atoms with E-state index < -0.39 is 0 Å². The third kappa shape index (κ3) is 0.661. The van der Waals surface area contributed by atoms with E-state index in [4.69, 9.17) is 0 Å². The van der Waals surface area contributed by atoms with Gasteiger partial charge in [-0.05, 0) is 6.92 Å². The van der Waals surface area contributed by atoms with E-state index >= 15 is 0 Å². The van der Waals surface area contributed by atoms with E-state index in [2.05, 4.69) is 23.7 Å². The fourth-order valence-corrected chi connectivity index (χ4v) is 0.635. The Kier molecular flexibility index (Phi) is 1.16. The van der Waals surface area contributed by atoms with Crippen molar-refractivity contribution in [3.8, 4) is 0 Å². The Hall–Kier alpha value is -0.660. The summed E-state index contributed by atoms with van der Waals surface area (Å²) in [4.78, 5) is 0. The van der Waals surface area contributed by atoms with E-state index in [1.54, 1.807) is 0 Å². The van der Waals surface area contributed by atoms with Crippen molar-refractivity contribution in [3.63, 3.8) is 0 Å². The molecule has 0 aromatic heterocycles. The molecule has 0 saturated carbocycles. The Morgan fingerprint density at radius 3 is 2.25 bits per heavy atom. The summed E-state index contributed by atoms with van der Waals surface area (Å²) in [5, 5.41) is 7.75. The molecule has 8 heavy (non-hydrogen) atoms. The summed E-state index contributed by atoms with van der Waals surface area (Å²) in [5.74, 6) is 0.454. The molecule has 0 aliphatic carbocycles. The first-order chi connectivity index (χ1) is 3.72. The van der Waals surface area contributed by atoms with Gasteiger partial charge in [0.25, 0.3) is 0 Å². The highest BCUT2D eigenvalue weighted by Gasteiger charge is 2.19. The van der Waals surface area contributed by atoms with E-state index in [9.17, 15) is 0 Å².